The second-order valence-corrected chi connectivity index (χ2v) is 11.4. The standard InChI is InChI=1S/C33H39N3O4.CH4O/c1-22-5-3-6-29(30-7-4-8-31(34-30)36-16-12-25(13-17-36)33(37)38)32(22)40-19-26-10-9-24-11-15-35(27-20-39-21-27)18-14-28(24)23(26)2;1-2/h3-10,25,27H,11-21H2,1-2H3,(H,37,38);2H,1H3. The van der Waals surface area contributed by atoms with E-state index >= 15 is 0 Å². The number of para-hydroxylation sites is 1. The molecule has 3 aromatic rings. The van der Waals surface area contributed by atoms with Gasteiger partial charge >= 0.3 is 5.97 Å². The molecular formula is C34H43N3O5. The highest BCUT2D eigenvalue weighted by atomic mass is 16.5. The van der Waals surface area contributed by atoms with Crippen LogP contribution in [0.15, 0.2) is 48.5 Å². The molecule has 2 fully saturated rings. The Morgan fingerprint density at radius 2 is 1.71 bits per heavy atom. The summed E-state index contributed by atoms with van der Waals surface area (Å²) >= 11 is 0. The van der Waals surface area contributed by atoms with Crippen molar-refractivity contribution in [2.24, 2.45) is 5.92 Å². The van der Waals surface area contributed by atoms with Crippen molar-refractivity contribution in [2.45, 2.75) is 52.2 Å². The molecule has 6 rings (SSSR count). The predicted octanol–water partition coefficient (Wildman–Crippen LogP) is 4.65. The molecule has 2 N–H and O–H groups in total. The molecule has 8 heteroatoms. The van der Waals surface area contributed by atoms with Crippen LogP contribution in [-0.2, 0) is 29.0 Å². The Bertz CT molecular complexity index is 1380. The first-order chi connectivity index (χ1) is 20.5. The minimum absolute atomic E-state index is 0.260. The SMILES string of the molecule is CO.Cc1cccc(-c2cccc(N3CCC(C(=O)O)CC3)n2)c1OCc1ccc2c(c1C)CCN(C1COC1)CC2. The number of pyridine rings is 1. The van der Waals surface area contributed by atoms with Gasteiger partial charge in [-0.3, -0.25) is 9.69 Å². The Morgan fingerprint density at radius 1 is 0.976 bits per heavy atom. The van der Waals surface area contributed by atoms with Crippen molar-refractivity contribution >= 4 is 11.8 Å². The second kappa shape index (κ2) is 13.7. The summed E-state index contributed by atoms with van der Waals surface area (Å²) in [5.74, 6) is 0.794. The smallest absolute Gasteiger partial charge is 0.306 e. The van der Waals surface area contributed by atoms with Crippen LogP contribution in [0.2, 0.25) is 0 Å². The van der Waals surface area contributed by atoms with E-state index in [9.17, 15) is 9.90 Å². The fourth-order valence-corrected chi connectivity index (χ4v) is 6.33. The van der Waals surface area contributed by atoms with E-state index in [0.29, 0.717) is 38.6 Å². The molecule has 0 amide bonds. The number of aliphatic hydroxyl groups excluding tert-OH is 1. The van der Waals surface area contributed by atoms with E-state index in [0.717, 1.165) is 74.6 Å². The number of carbonyl (C=O) groups is 1. The number of nitrogens with zero attached hydrogens (tertiary/aromatic N) is 3. The van der Waals surface area contributed by atoms with Gasteiger partial charge in [0.2, 0.25) is 0 Å². The van der Waals surface area contributed by atoms with Crippen molar-refractivity contribution < 1.29 is 24.5 Å². The Kier molecular flexibility index (Phi) is 9.77. The highest BCUT2D eigenvalue weighted by Gasteiger charge is 2.28. The fourth-order valence-electron chi connectivity index (χ4n) is 6.33. The number of aryl methyl sites for hydroxylation is 1. The Balaban J connectivity index is 0.00000173. The first kappa shape index (κ1) is 30.0. The topological polar surface area (TPSA) is 95.4 Å². The summed E-state index contributed by atoms with van der Waals surface area (Å²) < 4.78 is 12.0. The largest absolute Gasteiger partial charge is 0.488 e. The van der Waals surface area contributed by atoms with E-state index in [-0.39, 0.29) is 5.92 Å². The number of carboxylic acids is 1. The van der Waals surface area contributed by atoms with Gasteiger partial charge in [0.1, 0.15) is 18.2 Å². The summed E-state index contributed by atoms with van der Waals surface area (Å²) in [4.78, 5) is 21.2. The molecule has 1 aromatic heterocycles. The molecule has 0 radical (unpaired) electrons. The number of benzene rings is 2. The minimum Gasteiger partial charge on any atom is -0.488 e. The highest BCUT2D eigenvalue weighted by molar-refractivity contribution is 5.71. The zero-order valence-electron chi connectivity index (χ0n) is 25.0. The van der Waals surface area contributed by atoms with Crippen LogP contribution in [0.3, 0.4) is 0 Å². The first-order valence-corrected chi connectivity index (χ1v) is 15.0. The molecule has 0 bridgehead atoms. The van der Waals surface area contributed by atoms with Crippen molar-refractivity contribution in [1.29, 1.82) is 0 Å². The van der Waals surface area contributed by atoms with E-state index in [1.807, 2.05) is 18.2 Å². The number of ether oxygens (including phenoxy) is 2. The summed E-state index contributed by atoms with van der Waals surface area (Å²) in [6, 6.07) is 17.4. The number of aromatic nitrogens is 1. The molecule has 2 aromatic carbocycles. The average molecular weight is 574 g/mol. The molecule has 0 aliphatic carbocycles. The van der Waals surface area contributed by atoms with Crippen LogP contribution in [-0.4, -0.2) is 78.6 Å². The quantitative estimate of drug-likeness (QED) is 0.422. The lowest BCUT2D eigenvalue weighted by Crippen LogP contribution is -2.49. The summed E-state index contributed by atoms with van der Waals surface area (Å²) in [6.07, 6.45) is 3.45. The van der Waals surface area contributed by atoms with Crippen LogP contribution in [0, 0.1) is 19.8 Å². The zero-order valence-corrected chi connectivity index (χ0v) is 25.0. The van der Waals surface area contributed by atoms with E-state index in [1.54, 1.807) is 0 Å². The average Bonchev–Trinajstić information content (AvgIpc) is 3.21. The van der Waals surface area contributed by atoms with Gasteiger partial charge < -0.3 is 24.6 Å². The van der Waals surface area contributed by atoms with Crippen LogP contribution in [0.25, 0.3) is 11.3 Å². The third kappa shape index (κ3) is 6.46. The number of rotatable bonds is 7. The number of carboxylic acid groups (broad SMARTS) is 1. The van der Waals surface area contributed by atoms with Gasteiger partial charge in [-0.15, -0.1) is 0 Å². The molecule has 224 valence electrons. The van der Waals surface area contributed by atoms with Gasteiger partial charge in [-0.25, -0.2) is 4.98 Å². The van der Waals surface area contributed by atoms with E-state index < -0.39 is 5.97 Å². The van der Waals surface area contributed by atoms with Crippen molar-refractivity contribution in [3.8, 4) is 17.0 Å². The number of aliphatic carboxylic acids is 1. The van der Waals surface area contributed by atoms with Crippen LogP contribution in [0.1, 0.15) is 40.7 Å². The van der Waals surface area contributed by atoms with Gasteiger partial charge in [-0.1, -0.05) is 30.3 Å². The first-order valence-electron chi connectivity index (χ1n) is 15.0. The normalized spacial score (nSPS) is 17.9. The summed E-state index contributed by atoms with van der Waals surface area (Å²) in [7, 11) is 1.00. The van der Waals surface area contributed by atoms with Crippen molar-refractivity contribution in [3.63, 3.8) is 0 Å². The van der Waals surface area contributed by atoms with Crippen LogP contribution in [0.5, 0.6) is 5.75 Å². The van der Waals surface area contributed by atoms with Gasteiger partial charge in [0.25, 0.3) is 0 Å². The molecular weight excluding hydrogens is 530 g/mol. The van der Waals surface area contributed by atoms with E-state index in [4.69, 9.17) is 19.6 Å². The van der Waals surface area contributed by atoms with Crippen LogP contribution in [0.4, 0.5) is 5.82 Å². The lowest BCUT2D eigenvalue weighted by Gasteiger charge is -2.36. The molecule has 42 heavy (non-hydrogen) atoms. The van der Waals surface area contributed by atoms with Gasteiger partial charge in [0.15, 0.2) is 0 Å². The summed E-state index contributed by atoms with van der Waals surface area (Å²) in [5, 5.41) is 16.4. The molecule has 0 unspecified atom stereocenters. The fraction of sp³-hybridized carbons (Fsp3) is 0.471. The Hall–Kier alpha value is -3.46. The number of hydrogen-bond donors (Lipinski definition) is 2. The maximum Gasteiger partial charge on any atom is 0.306 e. The molecule has 0 atom stereocenters. The number of anilines is 1. The monoisotopic (exact) mass is 573 g/mol. The van der Waals surface area contributed by atoms with E-state index in [2.05, 4.69) is 54.0 Å². The van der Waals surface area contributed by atoms with Crippen molar-refractivity contribution in [1.82, 2.24) is 9.88 Å². The molecule has 8 nitrogen and oxygen atoms in total. The van der Waals surface area contributed by atoms with Gasteiger partial charge in [-0.2, -0.15) is 0 Å². The number of fused-ring (bicyclic) bond motifs is 1. The predicted molar refractivity (Wildman–Crippen MR) is 164 cm³/mol. The number of aliphatic hydroxyl groups is 1. The van der Waals surface area contributed by atoms with Gasteiger partial charge in [0, 0.05) is 38.9 Å². The molecule has 0 saturated carbocycles. The van der Waals surface area contributed by atoms with Crippen LogP contribution < -0.4 is 9.64 Å². The Morgan fingerprint density at radius 3 is 2.43 bits per heavy atom. The van der Waals surface area contributed by atoms with Crippen molar-refractivity contribution in [3.05, 3.63) is 76.3 Å². The van der Waals surface area contributed by atoms with Gasteiger partial charge in [0.05, 0.1) is 30.9 Å². The van der Waals surface area contributed by atoms with E-state index in [1.165, 1.54) is 22.3 Å². The molecule has 2 saturated heterocycles. The van der Waals surface area contributed by atoms with Gasteiger partial charge in [-0.05, 0) is 85.5 Å². The lowest BCUT2D eigenvalue weighted by atomic mass is 9.94. The Labute approximate surface area is 248 Å². The zero-order chi connectivity index (χ0) is 29.6. The highest BCUT2D eigenvalue weighted by Crippen LogP contribution is 2.35. The van der Waals surface area contributed by atoms with Crippen LogP contribution >= 0.6 is 0 Å². The number of hydrogen-bond acceptors (Lipinski definition) is 7. The third-order valence-corrected chi connectivity index (χ3v) is 9.02. The second-order valence-electron chi connectivity index (χ2n) is 11.4. The third-order valence-electron chi connectivity index (χ3n) is 9.02. The molecule has 3 aliphatic rings. The maximum atomic E-state index is 11.4. The summed E-state index contributed by atoms with van der Waals surface area (Å²) in [6.45, 7) is 10.2. The molecule has 0 spiro atoms. The number of piperidine rings is 1. The minimum atomic E-state index is -0.696. The lowest BCUT2D eigenvalue weighted by molar-refractivity contribution is -0.142. The molecule has 3 aliphatic heterocycles. The summed E-state index contributed by atoms with van der Waals surface area (Å²) in [5.41, 5.74) is 8.46. The molecule has 4 heterocycles. The van der Waals surface area contributed by atoms with Crippen molar-refractivity contribution in [2.75, 3.05) is 51.4 Å². The maximum absolute atomic E-state index is 11.4.